The lowest BCUT2D eigenvalue weighted by atomic mass is 9.84. The number of Topliss-reactive ketones (excluding diaryl/α,β-unsaturated/α-hetero) is 3. The summed E-state index contributed by atoms with van der Waals surface area (Å²) in [5.74, 6) is -1.59. The number of fused-ring (bicyclic) bond motifs is 1. The van der Waals surface area contributed by atoms with Crippen LogP contribution in [-0.2, 0) is 4.79 Å². The molecule has 0 saturated carbocycles. The monoisotopic (exact) mass is 228 g/mol. The third kappa shape index (κ3) is 1.84. The van der Waals surface area contributed by atoms with Gasteiger partial charge in [-0.15, -0.1) is 0 Å². The summed E-state index contributed by atoms with van der Waals surface area (Å²) in [6.45, 7) is 1.95. The molecule has 0 heterocycles. The van der Waals surface area contributed by atoms with Gasteiger partial charge in [-0.3, -0.25) is 14.4 Å². The van der Waals surface area contributed by atoms with Crippen molar-refractivity contribution in [3.63, 3.8) is 0 Å². The molecule has 3 heteroatoms. The molecule has 1 aromatic carbocycles. The number of ketones is 3. The number of carbonyl (C=O) groups is 3. The maximum absolute atomic E-state index is 12.0. The maximum Gasteiger partial charge on any atom is 0.237 e. The minimum Gasteiger partial charge on any atom is -0.288 e. The molecular weight excluding hydrogens is 216 g/mol. The van der Waals surface area contributed by atoms with Gasteiger partial charge in [0.15, 0.2) is 5.78 Å². The molecule has 3 nitrogen and oxygen atoms in total. The van der Waals surface area contributed by atoms with Gasteiger partial charge >= 0.3 is 0 Å². The van der Waals surface area contributed by atoms with Crippen LogP contribution in [-0.4, -0.2) is 17.3 Å². The van der Waals surface area contributed by atoms with E-state index in [1.807, 2.05) is 6.92 Å². The van der Waals surface area contributed by atoms with Gasteiger partial charge in [-0.2, -0.15) is 0 Å². The second kappa shape index (κ2) is 4.45. The van der Waals surface area contributed by atoms with Gasteiger partial charge in [0.05, 0.1) is 5.57 Å². The first-order valence-electron chi connectivity index (χ1n) is 5.59. The van der Waals surface area contributed by atoms with Crippen molar-refractivity contribution >= 4 is 17.3 Å². The van der Waals surface area contributed by atoms with Gasteiger partial charge in [0.1, 0.15) is 0 Å². The van der Waals surface area contributed by atoms with Crippen molar-refractivity contribution in [1.82, 2.24) is 0 Å². The topological polar surface area (TPSA) is 51.2 Å². The first-order chi connectivity index (χ1) is 8.16. The van der Waals surface area contributed by atoms with Crippen molar-refractivity contribution in [3.8, 4) is 0 Å². The number of unbranched alkanes of at least 4 members (excludes halogenated alkanes) is 1. The first kappa shape index (κ1) is 11.5. The van der Waals surface area contributed by atoms with E-state index in [4.69, 9.17) is 0 Å². The van der Waals surface area contributed by atoms with Crippen molar-refractivity contribution in [1.29, 1.82) is 0 Å². The zero-order chi connectivity index (χ0) is 12.4. The maximum atomic E-state index is 12.0. The first-order valence-corrected chi connectivity index (χ1v) is 5.59. The highest BCUT2D eigenvalue weighted by Crippen LogP contribution is 2.23. The Balaban J connectivity index is 2.55. The molecule has 0 aliphatic heterocycles. The summed E-state index contributed by atoms with van der Waals surface area (Å²) in [7, 11) is 0. The zero-order valence-corrected chi connectivity index (χ0v) is 9.53. The summed E-state index contributed by atoms with van der Waals surface area (Å²) in [6, 6.07) is 6.45. The molecular formula is C14H12O3. The second-order valence-electron chi connectivity index (χ2n) is 3.94. The van der Waals surface area contributed by atoms with Crippen LogP contribution in [0.5, 0.6) is 0 Å². The number of hydrogen-bond acceptors (Lipinski definition) is 3. The van der Waals surface area contributed by atoms with Crippen LogP contribution in [0.3, 0.4) is 0 Å². The molecule has 86 valence electrons. The number of allylic oxidation sites excluding steroid dienone is 2. The zero-order valence-electron chi connectivity index (χ0n) is 9.53. The number of rotatable bonds is 2. The molecule has 1 aliphatic rings. The Bertz CT molecular complexity index is 538. The summed E-state index contributed by atoms with van der Waals surface area (Å²) in [5.41, 5.74) is 0.575. The van der Waals surface area contributed by atoms with Crippen LogP contribution in [0.4, 0.5) is 0 Å². The SMILES string of the molecule is CCC/C=C1\C(=O)C(=O)c2ccccc2C1=O. The molecule has 0 amide bonds. The Morgan fingerprint density at radius 2 is 1.53 bits per heavy atom. The van der Waals surface area contributed by atoms with Gasteiger partial charge < -0.3 is 0 Å². The van der Waals surface area contributed by atoms with Crippen LogP contribution in [0, 0.1) is 0 Å². The van der Waals surface area contributed by atoms with E-state index in [-0.39, 0.29) is 16.9 Å². The van der Waals surface area contributed by atoms with Gasteiger partial charge in [-0.25, -0.2) is 0 Å². The van der Waals surface area contributed by atoms with Gasteiger partial charge in [-0.1, -0.05) is 43.7 Å². The number of benzene rings is 1. The standard InChI is InChI=1S/C14H12O3/c1-2-3-6-11-12(15)9-7-4-5-8-10(9)13(16)14(11)17/h4-8H,2-3H2,1H3/b11-6-. The minimum absolute atomic E-state index is 0.0237. The van der Waals surface area contributed by atoms with Crippen molar-refractivity contribution in [2.45, 2.75) is 19.8 Å². The largest absolute Gasteiger partial charge is 0.288 e. The average molecular weight is 228 g/mol. The molecule has 0 aromatic heterocycles. The van der Waals surface area contributed by atoms with E-state index < -0.39 is 11.6 Å². The quantitative estimate of drug-likeness (QED) is 0.443. The molecule has 0 unspecified atom stereocenters. The Morgan fingerprint density at radius 1 is 0.941 bits per heavy atom. The van der Waals surface area contributed by atoms with E-state index in [9.17, 15) is 14.4 Å². The van der Waals surface area contributed by atoms with E-state index in [0.717, 1.165) is 6.42 Å². The van der Waals surface area contributed by atoms with Crippen LogP contribution in [0.1, 0.15) is 40.5 Å². The molecule has 1 aliphatic carbocycles. The van der Waals surface area contributed by atoms with Crippen LogP contribution in [0.2, 0.25) is 0 Å². The van der Waals surface area contributed by atoms with E-state index in [1.54, 1.807) is 24.3 Å². The minimum atomic E-state index is -0.679. The molecule has 1 aromatic rings. The number of hydrogen-bond donors (Lipinski definition) is 0. The van der Waals surface area contributed by atoms with Crippen molar-refractivity contribution in [2.75, 3.05) is 0 Å². The molecule has 0 spiro atoms. The third-order valence-corrected chi connectivity index (χ3v) is 2.75. The van der Waals surface area contributed by atoms with E-state index >= 15 is 0 Å². The summed E-state index contributed by atoms with van der Waals surface area (Å²) in [6.07, 6.45) is 3.03. The third-order valence-electron chi connectivity index (χ3n) is 2.75. The normalized spacial score (nSPS) is 17.5. The van der Waals surface area contributed by atoms with Crippen LogP contribution in [0.25, 0.3) is 0 Å². The Hall–Kier alpha value is -2.03. The summed E-state index contributed by atoms with van der Waals surface area (Å²) in [5, 5.41) is 0. The van der Waals surface area contributed by atoms with Crippen LogP contribution < -0.4 is 0 Å². The average Bonchev–Trinajstić information content (AvgIpc) is 2.36. The van der Waals surface area contributed by atoms with Crippen molar-refractivity contribution in [2.24, 2.45) is 0 Å². The Kier molecular flexibility index (Phi) is 3.00. The number of carbonyl (C=O) groups excluding carboxylic acids is 3. The van der Waals surface area contributed by atoms with Gasteiger partial charge in [0, 0.05) is 11.1 Å². The fourth-order valence-corrected chi connectivity index (χ4v) is 1.85. The molecule has 0 bridgehead atoms. The van der Waals surface area contributed by atoms with E-state index in [1.165, 1.54) is 6.07 Å². The van der Waals surface area contributed by atoms with Gasteiger partial charge in [0.2, 0.25) is 11.6 Å². The highest BCUT2D eigenvalue weighted by molar-refractivity contribution is 6.59. The fourth-order valence-electron chi connectivity index (χ4n) is 1.85. The van der Waals surface area contributed by atoms with Gasteiger partial charge in [0.25, 0.3) is 0 Å². The Morgan fingerprint density at radius 3 is 2.12 bits per heavy atom. The van der Waals surface area contributed by atoms with Crippen molar-refractivity contribution < 1.29 is 14.4 Å². The fraction of sp³-hybridized carbons (Fsp3) is 0.214. The molecule has 17 heavy (non-hydrogen) atoms. The highest BCUT2D eigenvalue weighted by Gasteiger charge is 2.34. The molecule has 0 fully saturated rings. The highest BCUT2D eigenvalue weighted by atomic mass is 16.2. The predicted molar refractivity (Wildman–Crippen MR) is 63.1 cm³/mol. The lowest BCUT2D eigenvalue weighted by Gasteiger charge is -2.14. The molecule has 0 saturated heterocycles. The summed E-state index contributed by atoms with van der Waals surface area (Å²) >= 11 is 0. The van der Waals surface area contributed by atoms with Crippen LogP contribution in [0.15, 0.2) is 35.9 Å². The molecule has 2 rings (SSSR count). The Labute approximate surface area is 99.1 Å². The summed E-state index contributed by atoms with van der Waals surface area (Å²) in [4.78, 5) is 35.6. The van der Waals surface area contributed by atoms with Crippen LogP contribution >= 0.6 is 0 Å². The molecule has 0 radical (unpaired) electrons. The lowest BCUT2D eigenvalue weighted by Crippen LogP contribution is -2.29. The van der Waals surface area contributed by atoms with Crippen molar-refractivity contribution in [3.05, 3.63) is 47.0 Å². The van der Waals surface area contributed by atoms with Gasteiger partial charge in [-0.05, 0) is 6.42 Å². The smallest absolute Gasteiger partial charge is 0.237 e. The summed E-state index contributed by atoms with van der Waals surface area (Å²) < 4.78 is 0. The van der Waals surface area contributed by atoms with E-state index in [2.05, 4.69) is 0 Å². The lowest BCUT2D eigenvalue weighted by molar-refractivity contribution is -0.111. The second-order valence-corrected chi connectivity index (χ2v) is 3.94. The predicted octanol–water partition coefficient (Wildman–Crippen LogP) is 2.36. The van der Waals surface area contributed by atoms with E-state index in [0.29, 0.717) is 12.0 Å². The molecule has 0 atom stereocenters. The molecule has 0 N–H and O–H groups in total.